The maximum atomic E-state index is 10.5. The Hall–Kier alpha value is -1.51. The van der Waals surface area contributed by atoms with Gasteiger partial charge in [-0.05, 0) is 19.1 Å². The number of carbonyl (C=O) groups is 1. The van der Waals surface area contributed by atoms with Crippen molar-refractivity contribution < 1.29 is 4.79 Å². The third kappa shape index (κ3) is 2.71. The number of allylic oxidation sites excluding steroid dienone is 1. The van der Waals surface area contributed by atoms with Crippen LogP contribution in [0.15, 0.2) is 24.7 Å². The van der Waals surface area contributed by atoms with Gasteiger partial charge in [0, 0.05) is 12.4 Å². The zero-order valence-corrected chi connectivity index (χ0v) is 6.19. The first-order chi connectivity index (χ1) is 5.29. The fourth-order valence-electron chi connectivity index (χ4n) is 0.599. The van der Waals surface area contributed by atoms with Crippen LogP contribution in [0.4, 0.5) is 0 Å². The van der Waals surface area contributed by atoms with Gasteiger partial charge >= 0.3 is 0 Å². The molecule has 0 aliphatic heterocycles. The second kappa shape index (κ2) is 3.61. The molecule has 11 heavy (non-hydrogen) atoms. The number of nitrogens with zero attached hydrogens (tertiary/aromatic N) is 2. The molecular weight excluding hydrogens is 140 g/mol. The Morgan fingerprint density at radius 1 is 1.55 bits per heavy atom. The van der Waals surface area contributed by atoms with E-state index < -0.39 is 0 Å². The third-order valence-electron chi connectivity index (χ3n) is 1.07. The van der Waals surface area contributed by atoms with E-state index in [1.54, 1.807) is 24.7 Å². The van der Waals surface area contributed by atoms with Gasteiger partial charge < -0.3 is 0 Å². The van der Waals surface area contributed by atoms with Crippen molar-refractivity contribution in [2.75, 3.05) is 0 Å². The lowest BCUT2D eigenvalue weighted by Gasteiger charge is -1.86. The molecule has 0 saturated heterocycles. The fraction of sp³-hybridized carbons (Fsp3) is 0.125. The van der Waals surface area contributed by atoms with Gasteiger partial charge in [0.05, 0.1) is 11.9 Å². The first-order valence-electron chi connectivity index (χ1n) is 3.24. The largest absolute Gasteiger partial charge is 0.295 e. The van der Waals surface area contributed by atoms with E-state index in [1.807, 2.05) is 0 Å². The van der Waals surface area contributed by atoms with Crippen molar-refractivity contribution in [1.82, 2.24) is 9.97 Å². The summed E-state index contributed by atoms with van der Waals surface area (Å²) in [5.41, 5.74) is 0.697. The number of hydrogen-bond acceptors (Lipinski definition) is 3. The van der Waals surface area contributed by atoms with E-state index in [9.17, 15) is 4.79 Å². The molecule has 56 valence electrons. The summed E-state index contributed by atoms with van der Waals surface area (Å²) >= 11 is 0. The number of aromatic nitrogens is 2. The molecule has 0 bridgehead atoms. The van der Waals surface area contributed by atoms with Crippen molar-refractivity contribution >= 4 is 11.9 Å². The Morgan fingerprint density at radius 3 is 2.91 bits per heavy atom. The van der Waals surface area contributed by atoms with Crippen LogP contribution in [0.2, 0.25) is 0 Å². The molecule has 3 heteroatoms. The monoisotopic (exact) mass is 148 g/mol. The van der Waals surface area contributed by atoms with Gasteiger partial charge in [0.2, 0.25) is 0 Å². The Morgan fingerprint density at radius 2 is 2.36 bits per heavy atom. The molecule has 0 aromatic carbocycles. The van der Waals surface area contributed by atoms with Crippen molar-refractivity contribution in [2.45, 2.75) is 6.92 Å². The minimum absolute atomic E-state index is 0.00986. The second-order valence-electron chi connectivity index (χ2n) is 2.07. The predicted molar refractivity (Wildman–Crippen MR) is 41.7 cm³/mol. The van der Waals surface area contributed by atoms with Gasteiger partial charge in [0.15, 0.2) is 5.78 Å². The molecule has 0 amide bonds. The molecule has 0 atom stereocenters. The minimum Gasteiger partial charge on any atom is -0.295 e. The van der Waals surface area contributed by atoms with E-state index in [-0.39, 0.29) is 5.78 Å². The molecule has 1 aromatic rings. The van der Waals surface area contributed by atoms with E-state index >= 15 is 0 Å². The molecule has 0 N–H and O–H groups in total. The highest BCUT2D eigenvalue weighted by Gasteiger charge is 1.85. The smallest absolute Gasteiger partial charge is 0.152 e. The number of hydrogen-bond donors (Lipinski definition) is 0. The predicted octanol–water partition coefficient (Wildman–Crippen LogP) is 1.08. The second-order valence-corrected chi connectivity index (χ2v) is 2.07. The lowest BCUT2D eigenvalue weighted by molar-refractivity contribution is -0.112. The van der Waals surface area contributed by atoms with Gasteiger partial charge in [-0.2, -0.15) is 0 Å². The first-order valence-corrected chi connectivity index (χ1v) is 3.24. The molecule has 0 unspecified atom stereocenters. The van der Waals surface area contributed by atoms with Crippen LogP contribution in [-0.2, 0) is 4.79 Å². The summed E-state index contributed by atoms with van der Waals surface area (Å²) in [6.07, 6.45) is 7.86. The van der Waals surface area contributed by atoms with Crippen LogP contribution in [0, 0.1) is 0 Å². The SMILES string of the molecule is CC(=O)/C=C/c1cnccn1. The van der Waals surface area contributed by atoms with Gasteiger partial charge in [0.1, 0.15) is 0 Å². The summed E-state index contributed by atoms with van der Waals surface area (Å²) in [5, 5.41) is 0. The lowest BCUT2D eigenvalue weighted by atomic mass is 10.3. The number of carbonyl (C=O) groups excluding carboxylic acids is 1. The van der Waals surface area contributed by atoms with Gasteiger partial charge in [-0.3, -0.25) is 14.8 Å². The average molecular weight is 148 g/mol. The summed E-state index contributed by atoms with van der Waals surface area (Å²) in [6, 6.07) is 0. The van der Waals surface area contributed by atoms with Crippen LogP contribution < -0.4 is 0 Å². The zero-order chi connectivity index (χ0) is 8.10. The Labute approximate surface area is 64.8 Å². The molecule has 0 spiro atoms. The van der Waals surface area contributed by atoms with Gasteiger partial charge in [0.25, 0.3) is 0 Å². The van der Waals surface area contributed by atoms with Crippen molar-refractivity contribution in [3.63, 3.8) is 0 Å². The summed E-state index contributed by atoms with van der Waals surface area (Å²) in [7, 11) is 0. The van der Waals surface area contributed by atoms with E-state index in [4.69, 9.17) is 0 Å². The Bertz CT molecular complexity index is 267. The normalized spacial score (nSPS) is 10.3. The zero-order valence-electron chi connectivity index (χ0n) is 6.19. The van der Waals surface area contributed by atoms with Crippen molar-refractivity contribution in [3.05, 3.63) is 30.4 Å². The topological polar surface area (TPSA) is 42.9 Å². The maximum absolute atomic E-state index is 10.5. The highest BCUT2D eigenvalue weighted by molar-refractivity contribution is 5.91. The van der Waals surface area contributed by atoms with Crippen LogP contribution in [0.25, 0.3) is 6.08 Å². The van der Waals surface area contributed by atoms with Gasteiger partial charge in [-0.25, -0.2) is 0 Å². The number of ketones is 1. The molecule has 0 aliphatic rings. The van der Waals surface area contributed by atoms with Crippen molar-refractivity contribution in [2.24, 2.45) is 0 Å². The summed E-state index contributed by atoms with van der Waals surface area (Å²) < 4.78 is 0. The summed E-state index contributed by atoms with van der Waals surface area (Å²) in [4.78, 5) is 18.3. The average Bonchev–Trinajstić information content (AvgIpc) is 2.03. The van der Waals surface area contributed by atoms with E-state index in [0.29, 0.717) is 5.69 Å². The van der Waals surface area contributed by atoms with E-state index in [1.165, 1.54) is 13.0 Å². The van der Waals surface area contributed by atoms with Crippen molar-refractivity contribution in [3.8, 4) is 0 Å². The van der Waals surface area contributed by atoms with Crippen molar-refractivity contribution in [1.29, 1.82) is 0 Å². The van der Waals surface area contributed by atoms with Crippen LogP contribution in [0.5, 0.6) is 0 Å². The molecule has 0 radical (unpaired) electrons. The molecule has 0 fully saturated rings. The minimum atomic E-state index is 0.00986. The maximum Gasteiger partial charge on any atom is 0.152 e. The summed E-state index contributed by atoms with van der Waals surface area (Å²) in [5.74, 6) is 0.00986. The highest BCUT2D eigenvalue weighted by Crippen LogP contribution is 1.92. The quantitative estimate of drug-likeness (QED) is 0.589. The molecule has 0 saturated carbocycles. The fourth-order valence-corrected chi connectivity index (χ4v) is 0.599. The van der Waals surface area contributed by atoms with Crippen LogP contribution in [0.1, 0.15) is 12.6 Å². The van der Waals surface area contributed by atoms with E-state index in [2.05, 4.69) is 9.97 Å². The Balaban J connectivity index is 2.72. The molecular formula is C8H8N2O. The third-order valence-corrected chi connectivity index (χ3v) is 1.07. The molecule has 1 aromatic heterocycles. The highest BCUT2D eigenvalue weighted by atomic mass is 16.1. The number of rotatable bonds is 2. The lowest BCUT2D eigenvalue weighted by Crippen LogP contribution is -1.83. The molecule has 1 heterocycles. The van der Waals surface area contributed by atoms with Crippen LogP contribution >= 0.6 is 0 Å². The van der Waals surface area contributed by atoms with Gasteiger partial charge in [-0.15, -0.1) is 0 Å². The molecule has 1 rings (SSSR count). The molecule has 3 nitrogen and oxygen atoms in total. The van der Waals surface area contributed by atoms with Crippen LogP contribution in [0.3, 0.4) is 0 Å². The molecule has 0 aliphatic carbocycles. The van der Waals surface area contributed by atoms with E-state index in [0.717, 1.165) is 0 Å². The Kier molecular flexibility index (Phi) is 2.49. The first kappa shape index (κ1) is 7.60. The summed E-state index contributed by atoms with van der Waals surface area (Å²) in [6.45, 7) is 1.49. The van der Waals surface area contributed by atoms with Gasteiger partial charge in [-0.1, -0.05) is 0 Å². The van der Waals surface area contributed by atoms with Crippen LogP contribution in [-0.4, -0.2) is 15.8 Å². The standard InChI is InChI=1S/C8H8N2O/c1-7(11)2-3-8-6-9-4-5-10-8/h2-6H,1H3/b3-2+.